The maximum Gasteiger partial charge on any atom is 0.122 e. The van der Waals surface area contributed by atoms with E-state index in [0.29, 0.717) is 24.5 Å². The van der Waals surface area contributed by atoms with Gasteiger partial charge in [-0.1, -0.05) is 6.42 Å². The summed E-state index contributed by atoms with van der Waals surface area (Å²) < 4.78 is 6.22. The first-order valence-corrected chi connectivity index (χ1v) is 8.42. The quantitative estimate of drug-likeness (QED) is 0.782. The highest BCUT2D eigenvalue weighted by atomic mass is 16.5. The zero-order valence-corrected chi connectivity index (χ0v) is 12.8. The molecule has 0 aromatic heterocycles. The molecule has 0 spiro atoms. The van der Waals surface area contributed by atoms with Crippen LogP contribution in [0, 0.1) is 5.92 Å². The van der Waals surface area contributed by atoms with Gasteiger partial charge in [-0.3, -0.25) is 0 Å². The summed E-state index contributed by atoms with van der Waals surface area (Å²) in [7, 11) is 0. The van der Waals surface area contributed by atoms with E-state index in [1.807, 2.05) is 6.07 Å². The topological polar surface area (TPSA) is 55.5 Å². The van der Waals surface area contributed by atoms with Gasteiger partial charge >= 0.3 is 0 Å². The van der Waals surface area contributed by atoms with Crippen LogP contribution in [-0.4, -0.2) is 17.8 Å². The normalized spacial score (nSPS) is 25.8. The molecular formula is C18H27NO2. The molecule has 0 aliphatic heterocycles. The van der Waals surface area contributed by atoms with E-state index in [1.54, 1.807) is 0 Å². The van der Waals surface area contributed by atoms with E-state index in [0.717, 1.165) is 37.1 Å². The van der Waals surface area contributed by atoms with Gasteiger partial charge in [-0.2, -0.15) is 0 Å². The van der Waals surface area contributed by atoms with Crippen molar-refractivity contribution in [2.75, 3.05) is 12.3 Å². The molecular weight excluding hydrogens is 262 g/mol. The van der Waals surface area contributed by atoms with Crippen LogP contribution in [0.4, 0.5) is 5.69 Å². The molecule has 1 unspecified atom stereocenters. The molecule has 2 fully saturated rings. The fraction of sp³-hybridized carbons (Fsp3) is 0.667. The molecule has 2 atom stereocenters. The van der Waals surface area contributed by atoms with Gasteiger partial charge in [0.1, 0.15) is 5.75 Å². The third kappa shape index (κ3) is 4.13. The van der Waals surface area contributed by atoms with Crippen LogP contribution in [0.2, 0.25) is 0 Å². The number of aliphatic hydroxyl groups excluding tert-OH is 1. The molecule has 2 saturated carbocycles. The van der Waals surface area contributed by atoms with Gasteiger partial charge < -0.3 is 15.6 Å². The van der Waals surface area contributed by atoms with Gasteiger partial charge in [-0.05, 0) is 74.5 Å². The molecule has 3 rings (SSSR count). The standard InChI is InChI=1S/C18H27NO2/c19-16-10-15(14-6-7-14)11-18(12-16)21-17-5-1-3-13(9-17)4-2-8-20/h10-14,17,20H,1-9,19H2/t13?,17-/m1/s1. The monoisotopic (exact) mass is 289 g/mol. The smallest absolute Gasteiger partial charge is 0.122 e. The van der Waals surface area contributed by atoms with Crippen molar-refractivity contribution >= 4 is 5.69 Å². The van der Waals surface area contributed by atoms with Crippen molar-refractivity contribution in [2.45, 2.75) is 63.4 Å². The molecule has 116 valence electrons. The van der Waals surface area contributed by atoms with Crippen molar-refractivity contribution in [3.8, 4) is 5.75 Å². The first-order chi connectivity index (χ1) is 10.2. The van der Waals surface area contributed by atoms with E-state index in [4.69, 9.17) is 15.6 Å². The minimum absolute atomic E-state index is 0.308. The Morgan fingerprint density at radius 2 is 2.00 bits per heavy atom. The van der Waals surface area contributed by atoms with E-state index in [1.165, 1.54) is 31.2 Å². The first kappa shape index (κ1) is 14.7. The lowest BCUT2D eigenvalue weighted by atomic mass is 9.84. The third-order valence-electron chi connectivity index (χ3n) is 4.81. The Morgan fingerprint density at radius 3 is 2.76 bits per heavy atom. The minimum atomic E-state index is 0.308. The number of aliphatic hydroxyl groups is 1. The van der Waals surface area contributed by atoms with Gasteiger partial charge in [-0.25, -0.2) is 0 Å². The van der Waals surface area contributed by atoms with Gasteiger partial charge in [-0.15, -0.1) is 0 Å². The molecule has 21 heavy (non-hydrogen) atoms. The number of hydrogen-bond donors (Lipinski definition) is 2. The van der Waals surface area contributed by atoms with Crippen LogP contribution in [0.25, 0.3) is 0 Å². The van der Waals surface area contributed by atoms with Gasteiger partial charge in [0.2, 0.25) is 0 Å². The molecule has 0 heterocycles. The van der Waals surface area contributed by atoms with Crippen molar-refractivity contribution in [1.82, 2.24) is 0 Å². The van der Waals surface area contributed by atoms with Gasteiger partial charge in [0, 0.05) is 18.4 Å². The Kier molecular flexibility index (Phi) is 4.69. The molecule has 0 saturated heterocycles. The van der Waals surface area contributed by atoms with Crippen molar-refractivity contribution in [3.63, 3.8) is 0 Å². The lowest BCUT2D eigenvalue weighted by molar-refractivity contribution is 0.116. The summed E-state index contributed by atoms with van der Waals surface area (Å²) in [5.41, 5.74) is 8.18. The number of nitrogens with two attached hydrogens (primary N) is 1. The van der Waals surface area contributed by atoms with Crippen molar-refractivity contribution in [2.24, 2.45) is 5.92 Å². The number of benzene rings is 1. The van der Waals surface area contributed by atoms with Crippen LogP contribution in [-0.2, 0) is 0 Å². The van der Waals surface area contributed by atoms with E-state index in [9.17, 15) is 0 Å². The zero-order chi connectivity index (χ0) is 14.7. The minimum Gasteiger partial charge on any atom is -0.490 e. The summed E-state index contributed by atoms with van der Waals surface area (Å²) in [6.07, 6.45) is 9.71. The molecule has 1 aromatic carbocycles. The van der Waals surface area contributed by atoms with Crippen LogP contribution in [0.5, 0.6) is 5.75 Å². The molecule has 0 radical (unpaired) electrons. The van der Waals surface area contributed by atoms with E-state index in [-0.39, 0.29) is 0 Å². The maximum absolute atomic E-state index is 8.97. The maximum atomic E-state index is 8.97. The molecule has 0 amide bonds. The largest absolute Gasteiger partial charge is 0.490 e. The number of hydrogen-bond acceptors (Lipinski definition) is 3. The third-order valence-corrected chi connectivity index (χ3v) is 4.81. The van der Waals surface area contributed by atoms with Gasteiger partial charge in [0.15, 0.2) is 0 Å². The fourth-order valence-corrected chi connectivity index (χ4v) is 3.55. The lowest BCUT2D eigenvalue weighted by Gasteiger charge is -2.29. The van der Waals surface area contributed by atoms with Crippen LogP contribution in [0.1, 0.15) is 62.8 Å². The molecule has 2 aliphatic rings. The van der Waals surface area contributed by atoms with Gasteiger partial charge in [0.25, 0.3) is 0 Å². The van der Waals surface area contributed by atoms with Crippen LogP contribution in [0.3, 0.4) is 0 Å². The average molecular weight is 289 g/mol. The second kappa shape index (κ2) is 6.69. The summed E-state index contributed by atoms with van der Waals surface area (Å²) in [4.78, 5) is 0. The second-order valence-electron chi connectivity index (χ2n) is 6.75. The highest BCUT2D eigenvalue weighted by molar-refractivity contribution is 5.49. The Bertz CT molecular complexity index is 470. The Labute approximate surface area is 127 Å². The highest BCUT2D eigenvalue weighted by Crippen LogP contribution is 2.42. The first-order valence-electron chi connectivity index (χ1n) is 8.42. The summed E-state index contributed by atoms with van der Waals surface area (Å²) in [6.45, 7) is 0.308. The van der Waals surface area contributed by atoms with E-state index in [2.05, 4.69) is 12.1 Å². The SMILES string of the molecule is Nc1cc(O[C@@H]2CCCC(CCCO)C2)cc(C2CC2)c1. The van der Waals surface area contributed by atoms with Crippen molar-refractivity contribution in [1.29, 1.82) is 0 Å². The molecule has 3 N–H and O–H groups in total. The van der Waals surface area contributed by atoms with Crippen LogP contribution >= 0.6 is 0 Å². The summed E-state index contributed by atoms with van der Waals surface area (Å²) in [5.74, 6) is 2.36. The molecule has 3 nitrogen and oxygen atoms in total. The predicted octanol–water partition coefficient (Wildman–Crippen LogP) is 3.86. The van der Waals surface area contributed by atoms with Crippen LogP contribution in [0.15, 0.2) is 18.2 Å². The van der Waals surface area contributed by atoms with Crippen molar-refractivity contribution < 1.29 is 9.84 Å². The Hall–Kier alpha value is -1.22. The van der Waals surface area contributed by atoms with Crippen molar-refractivity contribution in [3.05, 3.63) is 23.8 Å². The molecule has 2 aliphatic carbocycles. The average Bonchev–Trinajstić information content (AvgIpc) is 3.29. The Balaban J connectivity index is 1.60. The zero-order valence-electron chi connectivity index (χ0n) is 12.8. The molecule has 3 heteroatoms. The Morgan fingerprint density at radius 1 is 1.14 bits per heavy atom. The van der Waals surface area contributed by atoms with E-state index < -0.39 is 0 Å². The van der Waals surface area contributed by atoms with Crippen LogP contribution < -0.4 is 10.5 Å². The fourth-order valence-electron chi connectivity index (χ4n) is 3.55. The lowest BCUT2D eigenvalue weighted by Crippen LogP contribution is -2.25. The number of ether oxygens (including phenoxy) is 1. The van der Waals surface area contributed by atoms with Gasteiger partial charge in [0.05, 0.1) is 6.10 Å². The summed E-state index contributed by atoms with van der Waals surface area (Å²) >= 11 is 0. The summed E-state index contributed by atoms with van der Waals surface area (Å²) in [6, 6.07) is 6.24. The highest BCUT2D eigenvalue weighted by Gasteiger charge is 2.26. The number of anilines is 1. The molecule has 0 bridgehead atoms. The second-order valence-corrected chi connectivity index (χ2v) is 6.75. The number of nitrogen functional groups attached to an aromatic ring is 1. The molecule has 1 aromatic rings. The predicted molar refractivity (Wildman–Crippen MR) is 85.5 cm³/mol. The number of rotatable bonds is 6. The summed E-state index contributed by atoms with van der Waals surface area (Å²) in [5, 5.41) is 8.97. The van der Waals surface area contributed by atoms with E-state index >= 15 is 0 Å².